The van der Waals surface area contributed by atoms with Crippen molar-refractivity contribution in [2.45, 2.75) is 44.2 Å². The van der Waals surface area contributed by atoms with Gasteiger partial charge in [-0.1, -0.05) is 6.07 Å². The lowest BCUT2D eigenvalue weighted by Gasteiger charge is -2.32. The van der Waals surface area contributed by atoms with E-state index >= 15 is 0 Å². The minimum absolute atomic E-state index is 0.0447. The Morgan fingerprint density at radius 3 is 2.31 bits per heavy atom. The number of carbonyl (C=O) groups excluding carboxylic acids is 2. The number of amides is 2. The molecule has 1 fully saturated rings. The smallest absolute Gasteiger partial charge is 0.393 e. The number of piperidine rings is 1. The Kier molecular flexibility index (Phi) is 8.42. The Morgan fingerprint density at radius 2 is 1.69 bits per heavy atom. The highest BCUT2D eigenvalue weighted by atomic mass is 19.4. The van der Waals surface area contributed by atoms with Crippen LogP contribution in [-0.2, 0) is 16.0 Å². The molecule has 1 aliphatic rings. The molecule has 210 valence electrons. The van der Waals surface area contributed by atoms with E-state index in [2.05, 4.69) is 4.98 Å². The van der Waals surface area contributed by atoms with Gasteiger partial charge in [0.2, 0.25) is 11.8 Å². The third kappa shape index (κ3) is 6.49. The quantitative estimate of drug-likeness (QED) is 0.404. The van der Waals surface area contributed by atoms with Crippen molar-refractivity contribution in [1.82, 2.24) is 14.8 Å². The number of carbonyl (C=O) groups is 2. The number of alkyl halides is 3. The lowest BCUT2D eigenvalue weighted by Crippen LogP contribution is -2.38. The number of hydrogen-bond acceptors (Lipinski definition) is 4. The van der Waals surface area contributed by atoms with E-state index in [1.807, 2.05) is 18.2 Å². The largest absolute Gasteiger partial charge is 0.493 e. The number of rotatable bonds is 8. The van der Waals surface area contributed by atoms with Gasteiger partial charge in [-0.2, -0.15) is 13.2 Å². The first-order valence-corrected chi connectivity index (χ1v) is 12.9. The average Bonchev–Trinajstić information content (AvgIpc) is 3.27. The van der Waals surface area contributed by atoms with Crippen molar-refractivity contribution in [3.8, 4) is 22.8 Å². The number of methoxy groups -OCH3 is 2. The topological polar surface area (TPSA) is 74.9 Å². The molecular weight excluding hydrogens is 511 g/mol. The molecular formula is C29H34F3N3O4. The fourth-order valence-electron chi connectivity index (χ4n) is 5.20. The molecule has 2 amide bonds. The van der Waals surface area contributed by atoms with E-state index in [4.69, 9.17) is 9.47 Å². The lowest BCUT2D eigenvalue weighted by molar-refractivity contribution is -0.136. The van der Waals surface area contributed by atoms with Crippen LogP contribution in [0.3, 0.4) is 0 Å². The summed E-state index contributed by atoms with van der Waals surface area (Å²) >= 11 is 0. The number of nitrogens with one attached hydrogen (secondary N) is 1. The third-order valence-electron chi connectivity index (χ3n) is 7.35. The predicted molar refractivity (Wildman–Crippen MR) is 143 cm³/mol. The van der Waals surface area contributed by atoms with E-state index in [1.165, 1.54) is 19.1 Å². The van der Waals surface area contributed by atoms with Crippen molar-refractivity contribution in [1.29, 1.82) is 0 Å². The number of likely N-dealkylation sites (tertiary alicyclic amines) is 1. The highest BCUT2D eigenvalue weighted by Crippen LogP contribution is 2.40. The number of halogens is 3. The first kappa shape index (κ1) is 28.3. The zero-order chi connectivity index (χ0) is 28.3. The molecule has 2 heterocycles. The fraction of sp³-hybridized carbons (Fsp3) is 0.448. The van der Waals surface area contributed by atoms with Crippen molar-refractivity contribution in [2.75, 3.05) is 41.4 Å². The molecule has 10 heteroatoms. The summed E-state index contributed by atoms with van der Waals surface area (Å²) in [7, 11) is 6.31. The number of hydrogen-bond donors (Lipinski definition) is 1. The highest BCUT2D eigenvalue weighted by molar-refractivity contribution is 5.92. The van der Waals surface area contributed by atoms with E-state index in [0.29, 0.717) is 59.6 Å². The van der Waals surface area contributed by atoms with Crippen LogP contribution in [0.2, 0.25) is 0 Å². The zero-order valence-electron chi connectivity index (χ0n) is 22.7. The van der Waals surface area contributed by atoms with Gasteiger partial charge in [0.25, 0.3) is 0 Å². The number of aromatic nitrogens is 1. The SMILES string of the molecule is COc1ccc(-c2[nH]c3ccc(C4CCN(C(=O)CCC(=O)N(C)C)CC4)cc3c2CC(F)(F)F)cc1OC. The van der Waals surface area contributed by atoms with Gasteiger partial charge in [0.15, 0.2) is 11.5 Å². The van der Waals surface area contributed by atoms with E-state index in [0.717, 1.165) is 5.56 Å². The number of fused-ring (bicyclic) bond motifs is 1. The second-order valence-corrected chi connectivity index (χ2v) is 10.1. The van der Waals surface area contributed by atoms with Crippen LogP contribution < -0.4 is 9.47 Å². The molecule has 0 unspecified atom stereocenters. The number of nitrogens with zero attached hydrogens (tertiary/aromatic N) is 2. The summed E-state index contributed by atoms with van der Waals surface area (Å²) in [5.41, 5.74) is 2.74. The fourth-order valence-corrected chi connectivity index (χ4v) is 5.20. The van der Waals surface area contributed by atoms with Crippen molar-refractivity contribution < 1.29 is 32.2 Å². The minimum atomic E-state index is -4.39. The van der Waals surface area contributed by atoms with Crippen LogP contribution in [0, 0.1) is 0 Å². The standard InChI is InChI=1S/C29H34F3N3O4/c1-34(2)26(36)9-10-27(37)35-13-11-18(12-14-35)19-5-7-23-21(15-19)22(17-29(30,31)32)28(33-23)20-6-8-24(38-3)25(16-20)39-4/h5-8,15-16,18,33H,9-14,17H2,1-4H3. The predicted octanol–water partition coefficient (Wildman–Crippen LogP) is 5.53. The molecule has 0 spiro atoms. The van der Waals surface area contributed by atoms with E-state index < -0.39 is 12.6 Å². The summed E-state index contributed by atoms with van der Waals surface area (Å²) in [6, 6.07) is 10.7. The Morgan fingerprint density at radius 1 is 1.00 bits per heavy atom. The van der Waals surface area contributed by atoms with Crippen molar-refractivity contribution in [2.24, 2.45) is 0 Å². The first-order valence-electron chi connectivity index (χ1n) is 12.9. The summed E-state index contributed by atoms with van der Waals surface area (Å²) < 4.78 is 51.8. The molecule has 0 saturated carbocycles. The van der Waals surface area contributed by atoms with Crippen LogP contribution in [0.15, 0.2) is 36.4 Å². The Labute approximate surface area is 225 Å². The highest BCUT2D eigenvalue weighted by Gasteiger charge is 2.32. The van der Waals surface area contributed by atoms with Gasteiger partial charge in [0.1, 0.15) is 0 Å². The maximum Gasteiger partial charge on any atom is 0.393 e. The Bertz CT molecular complexity index is 1340. The van der Waals surface area contributed by atoms with Gasteiger partial charge in [0.05, 0.1) is 26.3 Å². The van der Waals surface area contributed by atoms with Crippen LogP contribution in [0.4, 0.5) is 13.2 Å². The van der Waals surface area contributed by atoms with Crippen molar-refractivity contribution >= 4 is 22.7 Å². The van der Waals surface area contributed by atoms with Gasteiger partial charge in [-0.3, -0.25) is 9.59 Å². The molecule has 39 heavy (non-hydrogen) atoms. The van der Waals surface area contributed by atoms with Gasteiger partial charge in [-0.15, -0.1) is 0 Å². The van der Waals surface area contributed by atoms with Crippen molar-refractivity contribution in [3.05, 3.63) is 47.5 Å². The Balaban J connectivity index is 1.58. The van der Waals surface area contributed by atoms with Gasteiger partial charge in [0, 0.05) is 56.5 Å². The van der Waals surface area contributed by atoms with Crippen LogP contribution in [0.25, 0.3) is 22.2 Å². The summed E-state index contributed by atoms with van der Waals surface area (Å²) in [6.45, 7) is 1.11. The molecule has 7 nitrogen and oxygen atoms in total. The van der Waals surface area contributed by atoms with Gasteiger partial charge in [-0.25, -0.2) is 0 Å². The number of ether oxygens (including phenoxy) is 2. The van der Waals surface area contributed by atoms with Crippen LogP contribution >= 0.6 is 0 Å². The normalized spacial score (nSPS) is 14.5. The molecule has 0 aliphatic carbocycles. The summed E-state index contributed by atoms with van der Waals surface area (Å²) in [4.78, 5) is 30.8. The molecule has 0 bridgehead atoms. The average molecular weight is 546 g/mol. The van der Waals surface area contributed by atoms with Gasteiger partial charge < -0.3 is 24.3 Å². The lowest BCUT2D eigenvalue weighted by atomic mass is 9.88. The molecule has 4 rings (SSSR count). The monoisotopic (exact) mass is 545 g/mol. The maximum atomic E-state index is 13.7. The van der Waals surface area contributed by atoms with E-state index in [9.17, 15) is 22.8 Å². The van der Waals surface area contributed by atoms with E-state index in [1.54, 1.807) is 37.2 Å². The van der Waals surface area contributed by atoms with Crippen LogP contribution in [0.5, 0.6) is 11.5 Å². The molecule has 1 N–H and O–H groups in total. The molecule has 1 aliphatic heterocycles. The van der Waals surface area contributed by atoms with Crippen LogP contribution in [0.1, 0.15) is 42.7 Å². The molecule has 3 aromatic rings. The maximum absolute atomic E-state index is 13.7. The summed E-state index contributed by atoms with van der Waals surface area (Å²) in [5, 5.41) is 0.537. The Hall–Kier alpha value is -3.69. The zero-order valence-corrected chi connectivity index (χ0v) is 22.7. The molecule has 0 atom stereocenters. The third-order valence-corrected chi connectivity index (χ3v) is 7.35. The minimum Gasteiger partial charge on any atom is -0.493 e. The summed E-state index contributed by atoms with van der Waals surface area (Å²) in [5.74, 6) is 0.919. The molecule has 1 aromatic heterocycles. The van der Waals surface area contributed by atoms with Gasteiger partial charge >= 0.3 is 6.18 Å². The molecule has 2 aromatic carbocycles. The number of aromatic amines is 1. The van der Waals surface area contributed by atoms with E-state index in [-0.39, 0.29) is 36.1 Å². The second kappa shape index (κ2) is 11.6. The second-order valence-electron chi connectivity index (χ2n) is 10.1. The van der Waals surface area contributed by atoms with Crippen molar-refractivity contribution in [3.63, 3.8) is 0 Å². The molecule has 1 saturated heterocycles. The summed E-state index contributed by atoms with van der Waals surface area (Å²) in [6.07, 6.45) is -3.69. The number of H-pyrrole nitrogens is 1. The van der Waals surface area contributed by atoms with Crippen LogP contribution in [-0.4, -0.2) is 74.2 Å². The molecule has 0 radical (unpaired) electrons. The van der Waals surface area contributed by atoms with Gasteiger partial charge in [-0.05, 0) is 60.2 Å². The number of benzene rings is 2. The first-order chi connectivity index (χ1) is 18.5.